The van der Waals surface area contributed by atoms with Gasteiger partial charge in [0.25, 0.3) is 5.91 Å². The lowest BCUT2D eigenvalue weighted by Crippen LogP contribution is -2.27. The van der Waals surface area contributed by atoms with E-state index in [1.54, 1.807) is 12.1 Å². The summed E-state index contributed by atoms with van der Waals surface area (Å²) in [4.78, 5) is 29.5. The number of para-hydroxylation sites is 1. The first kappa shape index (κ1) is 17.7. The Balaban J connectivity index is 1.45. The number of imidazole rings is 1. The molecule has 4 rings (SSSR count). The highest BCUT2D eigenvalue weighted by Gasteiger charge is 2.19. The van der Waals surface area contributed by atoms with Gasteiger partial charge in [0, 0.05) is 5.56 Å². The molecule has 2 aromatic carbocycles. The van der Waals surface area contributed by atoms with Gasteiger partial charge in [-0.05, 0) is 42.8 Å². The molecule has 28 heavy (non-hydrogen) atoms. The Labute approximate surface area is 160 Å². The SMILES string of the molecule is C[C@H](NC(=O)c1occc1COc1ccccc1)c1ccc2[nH]c(=O)[nH]c2c1. The summed E-state index contributed by atoms with van der Waals surface area (Å²) in [6, 6.07) is 16.3. The quantitative estimate of drug-likeness (QED) is 0.479. The number of benzene rings is 2. The smallest absolute Gasteiger partial charge is 0.323 e. The van der Waals surface area contributed by atoms with Crippen molar-refractivity contribution in [2.24, 2.45) is 0 Å². The molecule has 2 heterocycles. The summed E-state index contributed by atoms with van der Waals surface area (Å²) in [6.45, 7) is 2.10. The minimum atomic E-state index is -0.327. The average Bonchev–Trinajstić information content (AvgIpc) is 3.31. The number of furan rings is 1. The summed E-state index contributed by atoms with van der Waals surface area (Å²) < 4.78 is 11.1. The van der Waals surface area contributed by atoms with E-state index in [-0.39, 0.29) is 30.0 Å². The van der Waals surface area contributed by atoms with Crippen LogP contribution in [0.1, 0.15) is 34.6 Å². The van der Waals surface area contributed by atoms with Crippen LogP contribution in [0.3, 0.4) is 0 Å². The molecular weight excluding hydrogens is 358 g/mol. The van der Waals surface area contributed by atoms with Gasteiger partial charge in [0.05, 0.1) is 23.3 Å². The van der Waals surface area contributed by atoms with Crippen molar-refractivity contribution < 1.29 is 13.9 Å². The number of carbonyl (C=O) groups is 1. The number of hydrogen-bond acceptors (Lipinski definition) is 4. The van der Waals surface area contributed by atoms with Crippen LogP contribution in [0.2, 0.25) is 0 Å². The first-order valence-electron chi connectivity index (χ1n) is 8.87. The van der Waals surface area contributed by atoms with Crippen LogP contribution in [0.4, 0.5) is 0 Å². The monoisotopic (exact) mass is 377 g/mol. The number of nitrogens with one attached hydrogen (secondary N) is 3. The molecule has 7 nitrogen and oxygen atoms in total. The minimum absolute atomic E-state index is 0.221. The third-order valence-electron chi connectivity index (χ3n) is 4.48. The number of H-pyrrole nitrogens is 2. The van der Waals surface area contributed by atoms with Crippen LogP contribution in [-0.2, 0) is 6.61 Å². The zero-order valence-corrected chi connectivity index (χ0v) is 15.2. The molecule has 2 aromatic heterocycles. The van der Waals surface area contributed by atoms with Crippen molar-refractivity contribution in [3.05, 3.63) is 88.2 Å². The summed E-state index contributed by atoms with van der Waals surface area (Å²) in [5.41, 5.74) is 2.68. The van der Waals surface area contributed by atoms with Crippen LogP contribution in [0, 0.1) is 0 Å². The van der Waals surface area contributed by atoms with Crippen molar-refractivity contribution in [3.8, 4) is 5.75 Å². The molecule has 0 saturated carbocycles. The molecule has 0 unspecified atom stereocenters. The lowest BCUT2D eigenvalue weighted by atomic mass is 10.1. The van der Waals surface area contributed by atoms with Crippen molar-refractivity contribution in [3.63, 3.8) is 0 Å². The Morgan fingerprint density at radius 3 is 2.71 bits per heavy atom. The number of ether oxygens (including phenoxy) is 1. The molecule has 0 radical (unpaired) electrons. The second kappa shape index (κ2) is 7.48. The maximum absolute atomic E-state index is 12.7. The molecule has 7 heteroatoms. The normalized spacial score (nSPS) is 12.0. The van der Waals surface area contributed by atoms with E-state index in [4.69, 9.17) is 9.15 Å². The van der Waals surface area contributed by atoms with Gasteiger partial charge in [-0.3, -0.25) is 4.79 Å². The van der Waals surface area contributed by atoms with Crippen LogP contribution >= 0.6 is 0 Å². The van der Waals surface area contributed by atoms with Crippen molar-refractivity contribution >= 4 is 16.9 Å². The standard InChI is InChI=1S/C21H19N3O4/c1-13(14-7-8-17-18(11-14)24-21(26)23-17)22-20(25)19-15(9-10-27-19)12-28-16-5-3-2-4-6-16/h2-11,13H,12H2,1H3,(H,22,25)(H2,23,24,26)/t13-/m0/s1. The largest absolute Gasteiger partial charge is 0.489 e. The highest BCUT2D eigenvalue weighted by Crippen LogP contribution is 2.20. The lowest BCUT2D eigenvalue weighted by Gasteiger charge is -2.14. The Morgan fingerprint density at radius 1 is 1.11 bits per heavy atom. The first-order chi connectivity index (χ1) is 13.6. The third-order valence-corrected chi connectivity index (χ3v) is 4.48. The molecule has 0 aliphatic carbocycles. The molecule has 0 bridgehead atoms. The third kappa shape index (κ3) is 3.68. The van der Waals surface area contributed by atoms with Gasteiger partial charge in [-0.2, -0.15) is 0 Å². The Hall–Kier alpha value is -3.74. The van der Waals surface area contributed by atoms with Gasteiger partial charge in [-0.25, -0.2) is 4.79 Å². The summed E-state index contributed by atoms with van der Waals surface area (Å²) in [7, 11) is 0. The molecule has 1 amide bonds. The topological polar surface area (TPSA) is 100 Å². The molecule has 0 aliphatic heterocycles. The number of aromatic nitrogens is 2. The Kier molecular flexibility index (Phi) is 4.72. The number of carbonyl (C=O) groups excluding carboxylic acids is 1. The van der Waals surface area contributed by atoms with E-state index in [9.17, 15) is 9.59 Å². The summed E-state index contributed by atoms with van der Waals surface area (Å²) in [5, 5.41) is 2.92. The molecule has 142 valence electrons. The average molecular weight is 377 g/mol. The predicted octanol–water partition coefficient (Wildman–Crippen LogP) is 3.52. The summed E-state index contributed by atoms with van der Waals surface area (Å²) in [6.07, 6.45) is 1.47. The summed E-state index contributed by atoms with van der Waals surface area (Å²) in [5.74, 6) is 0.614. The first-order valence-corrected chi connectivity index (χ1v) is 8.87. The van der Waals surface area contributed by atoms with Crippen LogP contribution < -0.4 is 15.7 Å². The van der Waals surface area contributed by atoms with E-state index in [1.165, 1.54) is 6.26 Å². The Bertz CT molecular complexity index is 1160. The van der Waals surface area contributed by atoms with Gasteiger partial charge in [0.2, 0.25) is 0 Å². The van der Waals surface area contributed by atoms with Gasteiger partial charge in [-0.15, -0.1) is 0 Å². The molecule has 1 atom stereocenters. The Morgan fingerprint density at radius 2 is 1.89 bits per heavy atom. The number of rotatable bonds is 6. The second-order valence-electron chi connectivity index (χ2n) is 6.46. The number of hydrogen-bond donors (Lipinski definition) is 3. The molecule has 0 saturated heterocycles. The van der Waals surface area contributed by atoms with Crippen molar-refractivity contribution in [1.82, 2.24) is 15.3 Å². The number of aromatic amines is 2. The van der Waals surface area contributed by atoms with E-state index >= 15 is 0 Å². The predicted molar refractivity (Wildman–Crippen MR) is 104 cm³/mol. The zero-order valence-electron chi connectivity index (χ0n) is 15.2. The fourth-order valence-corrected chi connectivity index (χ4v) is 2.99. The van der Waals surface area contributed by atoms with E-state index in [0.717, 1.165) is 16.8 Å². The number of amides is 1. The maximum Gasteiger partial charge on any atom is 0.323 e. The van der Waals surface area contributed by atoms with Crippen molar-refractivity contribution in [1.29, 1.82) is 0 Å². The fourth-order valence-electron chi connectivity index (χ4n) is 2.99. The highest BCUT2D eigenvalue weighted by atomic mass is 16.5. The number of fused-ring (bicyclic) bond motifs is 1. The molecule has 0 aliphatic rings. The zero-order chi connectivity index (χ0) is 19.5. The van der Waals surface area contributed by atoms with Gasteiger partial charge < -0.3 is 24.4 Å². The van der Waals surface area contributed by atoms with E-state index < -0.39 is 0 Å². The van der Waals surface area contributed by atoms with Crippen LogP contribution in [0.15, 0.2) is 70.1 Å². The molecular formula is C21H19N3O4. The van der Waals surface area contributed by atoms with Gasteiger partial charge in [-0.1, -0.05) is 24.3 Å². The van der Waals surface area contributed by atoms with E-state index in [2.05, 4.69) is 15.3 Å². The van der Waals surface area contributed by atoms with E-state index in [0.29, 0.717) is 11.1 Å². The lowest BCUT2D eigenvalue weighted by molar-refractivity contribution is 0.0908. The van der Waals surface area contributed by atoms with Crippen LogP contribution in [-0.4, -0.2) is 15.9 Å². The molecule has 0 fully saturated rings. The van der Waals surface area contributed by atoms with Crippen molar-refractivity contribution in [2.45, 2.75) is 19.6 Å². The highest BCUT2D eigenvalue weighted by molar-refractivity contribution is 5.93. The van der Waals surface area contributed by atoms with Crippen LogP contribution in [0.5, 0.6) is 5.75 Å². The fraction of sp³-hybridized carbons (Fsp3) is 0.143. The molecule has 3 N–H and O–H groups in total. The molecule has 4 aromatic rings. The minimum Gasteiger partial charge on any atom is -0.489 e. The summed E-state index contributed by atoms with van der Waals surface area (Å²) >= 11 is 0. The maximum atomic E-state index is 12.7. The van der Waals surface area contributed by atoms with E-state index in [1.807, 2.05) is 49.4 Å². The van der Waals surface area contributed by atoms with Crippen molar-refractivity contribution in [2.75, 3.05) is 0 Å². The van der Waals surface area contributed by atoms with Gasteiger partial charge >= 0.3 is 5.69 Å². The van der Waals surface area contributed by atoms with Crippen LogP contribution in [0.25, 0.3) is 11.0 Å². The van der Waals surface area contributed by atoms with Gasteiger partial charge in [0.15, 0.2) is 5.76 Å². The second-order valence-corrected chi connectivity index (χ2v) is 6.46. The van der Waals surface area contributed by atoms with Gasteiger partial charge in [0.1, 0.15) is 12.4 Å². The molecule has 0 spiro atoms.